The fourth-order valence-electron chi connectivity index (χ4n) is 2.78. The van der Waals surface area contributed by atoms with Crippen LogP contribution in [0.1, 0.15) is 6.42 Å². The molecule has 146 valence electrons. The van der Waals surface area contributed by atoms with Crippen molar-refractivity contribution < 1.29 is 19.1 Å². The van der Waals surface area contributed by atoms with Crippen LogP contribution in [0.25, 0.3) is 0 Å². The monoisotopic (exact) mass is 484 g/mol. The first-order valence-corrected chi connectivity index (χ1v) is 9.86. The molecule has 2 aromatic rings. The highest BCUT2D eigenvalue weighted by Crippen LogP contribution is 2.30. The van der Waals surface area contributed by atoms with Crippen molar-refractivity contribution in [2.75, 3.05) is 23.4 Å². The van der Waals surface area contributed by atoms with E-state index in [-0.39, 0.29) is 23.9 Å². The van der Waals surface area contributed by atoms with Gasteiger partial charge in [0.05, 0.1) is 21.7 Å². The molecular formula is C19H15BrCl2N2O4. The number of carbonyl (C=O) groups excluding carboxylic acids is 3. The van der Waals surface area contributed by atoms with Gasteiger partial charge in [-0.3, -0.25) is 14.4 Å². The molecule has 9 heteroatoms. The Morgan fingerprint density at radius 1 is 1.18 bits per heavy atom. The summed E-state index contributed by atoms with van der Waals surface area (Å²) in [6, 6.07) is 12.0. The number of benzene rings is 2. The Hall–Kier alpha value is -2.09. The molecule has 0 radical (unpaired) electrons. The zero-order valence-corrected chi connectivity index (χ0v) is 17.6. The second-order valence-electron chi connectivity index (χ2n) is 6.14. The van der Waals surface area contributed by atoms with E-state index in [1.807, 2.05) is 12.1 Å². The van der Waals surface area contributed by atoms with Crippen LogP contribution >= 0.6 is 39.1 Å². The number of ether oxygens (including phenoxy) is 1. The molecule has 1 aliphatic rings. The Morgan fingerprint density at radius 2 is 1.89 bits per heavy atom. The van der Waals surface area contributed by atoms with E-state index in [9.17, 15) is 14.4 Å². The summed E-state index contributed by atoms with van der Waals surface area (Å²) in [4.78, 5) is 38.0. The summed E-state index contributed by atoms with van der Waals surface area (Å²) in [5.41, 5.74) is 1.03. The minimum Gasteiger partial charge on any atom is -0.455 e. The van der Waals surface area contributed by atoms with Crippen molar-refractivity contribution in [2.45, 2.75) is 6.42 Å². The van der Waals surface area contributed by atoms with Gasteiger partial charge >= 0.3 is 5.97 Å². The number of amides is 2. The van der Waals surface area contributed by atoms with Gasteiger partial charge in [-0.25, -0.2) is 0 Å². The molecule has 0 bridgehead atoms. The van der Waals surface area contributed by atoms with Crippen LogP contribution in [0.3, 0.4) is 0 Å². The van der Waals surface area contributed by atoms with Crippen molar-refractivity contribution in [1.29, 1.82) is 0 Å². The largest absolute Gasteiger partial charge is 0.455 e. The fourth-order valence-corrected chi connectivity index (χ4v) is 3.39. The lowest BCUT2D eigenvalue weighted by molar-refractivity contribution is -0.151. The number of halogens is 3. The average molecular weight is 486 g/mol. The molecule has 0 aromatic heterocycles. The number of esters is 1. The number of nitrogens with one attached hydrogen (secondary N) is 1. The van der Waals surface area contributed by atoms with Crippen molar-refractivity contribution in [2.24, 2.45) is 5.92 Å². The molecular weight excluding hydrogens is 471 g/mol. The van der Waals surface area contributed by atoms with Crippen LogP contribution in [-0.2, 0) is 19.1 Å². The molecule has 28 heavy (non-hydrogen) atoms. The predicted molar refractivity (Wildman–Crippen MR) is 111 cm³/mol. The quantitative estimate of drug-likeness (QED) is 0.641. The van der Waals surface area contributed by atoms with Gasteiger partial charge in [0.2, 0.25) is 5.91 Å². The third-order valence-corrected chi connectivity index (χ3v) is 5.52. The van der Waals surface area contributed by atoms with Gasteiger partial charge in [-0.15, -0.1) is 0 Å². The third kappa shape index (κ3) is 4.84. The topological polar surface area (TPSA) is 75.7 Å². The molecule has 1 heterocycles. The molecule has 0 saturated carbocycles. The molecule has 2 aromatic carbocycles. The van der Waals surface area contributed by atoms with Crippen LogP contribution in [0.2, 0.25) is 10.0 Å². The first-order chi connectivity index (χ1) is 13.3. The van der Waals surface area contributed by atoms with E-state index < -0.39 is 24.4 Å². The summed E-state index contributed by atoms with van der Waals surface area (Å²) in [6.07, 6.45) is 0.0383. The summed E-state index contributed by atoms with van der Waals surface area (Å²) in [7, 11) is 0. The van der Waals surface area contributed by atoms with E-state index in [1.54, 1.807) is 30.3 Å². The second-order valence-corrected chi connectivity index (χ2v) is 7.84. The van der Waals surface area contributed by atoms with Crippen LogP contribution in [0.4, 0.5) is 11.4 Å². The Bertz CT molecular complexity index is 921. The van der Waals surface area contributed by atoms with Gasteiger partial charge in [0, 0.05) is 23.1 Å². The molecule has 1 saturated heterocycles. The first-order valence-electron chi connectivity index (χ1n) is 8.31. The minimum absolute atomic E-state index is 0.0383. The van der Waals surface area contributed by atoms with Gasteiger partial charge in [-0.2, -0.15) is 0 Å². The molecule has 1 N–H and O–H groups in total. The molecule has 1 aliphatic heterocycles. The maximum Gasteiger partial charge on any atom is 0.311 e. The molecule has 0 spiro atoms. The minimum atomic E-state index is -0.626. The summed E-state index contributed by atoms with van der Waals surface area (Å²) in [6.45, 7) is -0.272. The van der Waals surface area contributed by atoms with E-state index in [2.05, 4.69) is 21.2 Å². The standard InChI is InChI=1S/C19H15BrCl2N2O4/c20-12-4-6-13(7-5-12)24-9-11(8-17(24)26)19(27)28-10-16(25)23-15-3-1-2-14(21)18(15)22/h1-7,11H,8-10H2,(H,23,25). The zero-order valence-electron chi connectivity index (χ0n) is 14.5. The molecule has 1 fully saturated rings. The van der Waals surface area contributed by atoms with E-state index >= 15 is 0 Å². The second kappa shape index (κ2) is 8.94. The third-order valence-electron chi connectivity index (χ3n) is 4.17. The van der Waals surface area contributed by atoms with Gasteiger partial charge in [0.1, 0.15) is 0 Å². The van der Waals surface area contributed by atoms with Gasteiger partial charge in [0.15, 0.2) is 6.61 Å². The molecule has 3 rings (SSSR count). The number of nitrogens with zero attached hydrogens (tertiary/aromatic N) is 1. The van der Waals surface area contributed by atoms with Crippen LogP contribution in [0.5, 0.6) is 0 Å². The fraction of sp³-hybridized carbons (Fsp3) is 0.211. The number of hydrogen-bond acceptors (Lipinski definition) is 4. The van der Waals surface area contributed by atoms with E-state index in [4.69, 9.17) is 27.9 Å². The van der Waals surface area contributed by atoms with Crippen LogP contribution in [0.15, 0.2) is 46.9 Å². The SMILES string of the molecule is O=C(COC(=O)C1CC(=O)N(c2ccc(Br)cc2)C1)Nc1cccc(Cl)c1Cl. The van der Waals surface area contributed by atoms with E-state index in [0.717, 1.165) is 4.47 Å². The van der Waals surface area contributed by atoms with Crippen LogP contribution in [-0.4, -0.2) is 30.9 Å². The Balaban J connectivity index is 1.53. The lowest BCUT2D eigenvalue weighted by atomic mass is 10.1. The highest BCUT2D eigenvalue weighted by Gasteiger charge is 2.36. The highest BCUT2D eigenvalue weighted by atomic mass is 79.9. The predicted octanol–water partition coefficient (Wildman–Crippen LogP) is 4.29. The highest BCUT2D eigenvalue weighted by molar-refractivity contribution is 9.10. The van der Waals surface area contributed by atoms with Crippen molar-refractivity contribution in [3.05, 3.63) is 57.0 Å². The summed E-state index contributed by atoms with van der Waals surface area (Å²) in [5, 5.41) is 3.04. The maximum absolute atomic E-state index is 12.3. The van der Waals surface area contributed by atoms with Crippen molar-refractivity contribution in [1.82, 2.24) is 0 Å². The summed E-state index contributed by atoms with van der Waals surface area (Å²) >= 11 is 15.2. The normalized spacial score (nSPS) is 16.2. The Kier molecular flexibility index (Phi) is 6.59. The number of anilines is 2. The zero-order chi connectivity index (χ0) is 20.3. The Morgan fingerprint density at radius 3 is 2.61 bits per heavy atom. The van der Waals surface area contributed by atoms with Crippen LogP contribution in [0, 0.1) is 5.92 Å². The van der Waals surface area contributed by atoms with E-state index in [0.29, 0.717) is 16.4 Å². The van der Waals surface area contributed by atoms with Crippen molar-refractivity contribution >= 4 is 68.3 Å². The lowest BCUT2D eigenvalue weighted by Crippen LogP contribution is -2.28. The molecule has 1 atom stereocenters. The van der Waals surface area contributed by atoms with Crippen LogP contribution < -0.4 is 10.2 Å². The smallest absolute Gasteiger partial charge is 0.311 e. The van der Waals surface area contributed by atoms with E-state index in [1.165, 1.54) is 4.90 Å². The molecule has 6 nitrogen and oxygen atoms in total. The number of carbonyl (C=O) groups is 3. The molecule has 1 unspecified atom stereocenters. The molecule has 0 aliphatic carbocycles. The first kappa shape index (κ1) is 20.6. The van der Waals surface area contributed by atoms with Crippen molar-refractivity contribution in [3.8, 4) is 0 Å². The van der Waals surface area contributed by atoms with Gasteiger partial charge in [0.25, 0.3) is 5.91 Å². The van der Waals surface area contributed by atoms with Gasteiger partial charge < -0.3 is 15.0 Å². The number of rotatable bonds is 5. The van der Waals surface area contributed by atoms with Gasteiger partial charge in [-0.1, -0.05) is 45.2 Å². The van der Waals surface area contributed by atoms with Gasteiger partial charge in [-0.05, 0) is 36.4 Å². The summed E-state index contributed by atoms with van der Waals surface area (Å²) < 4.78 is 5.96. The number of hydrogen-bond donors (Lipinski definition) is 1. The Labute approximate surface area is 179 Å². The average Bonchev–Trinajstić information content (AvgIpc) is 3.06. The maximum atomic E-state index is 12.3. The lowest BCUT2D eigenvalue weighted by Gasteiger charge is -2.16. The van der Waals surface area contributed by atoms with Crippen molar-refractivity contribution in [3.63, 3.8) is 0 Å². The molecule has 2 amide bonds. The summed E-state index contributed by atoms with van der Waals surface area (Å²) in [5.74, 6) is -1.94.